The minimum Gasteiger partial charge on any atom is -0.310 e. The summed E-state index contributed by atoms with van der Waals surface area (Å²) in [5.41, 5.74) is 1.98. The molecule has 4 nitrogen and oxygen atoms in total. The van der Waals surface area contributed by atoms with Crippen LogP contribution < -0.4 is 5.32 Å². The summed E-state index contributed by atoms with van der Waals surface area (Å²) in [4.78, 5) is 8.44. The van der Waals surface area contributed by atoms with E-state index in [4.69, 9.17) is 6.42 Å². The summed E-state index contributed by atoms with van der Waals surface area (Å²) in [6.45, 7) is 1.72. The molecule has 0 aliphatic carbocycles. The fourth-order valence-corrected chi connectivity index (χ4v) is 2.40. The zero-order valence-electron chi connectivity index (χ0n) is 9.77. The SMILES string of the molecule is C#CCSCCNCc1cnc2cnc(Br)cn12. The van der Waals surface area contributed by atoms with E-state index in [-0.39, 0.29) is 0 Å². The predicted octanol–water partition coefficient (Wildman–Crippen LogP) is 1.95. The smallest absolute Gasteiger partial charge is 0.155 e. The number of rotatable bonds is 6. The summed E-state index contributed by atoms with van der Waals surface area (Å²) in [5, 5.41) is 3.37. The lowest BCUT2D eigenvalue weighted by molar-refractivity contribution is 0.709. The van der Waals surface area contributed by atoms with Crippen molar-refractivity contribution in [2.24, 2.45) is 0 Å². The van der Waals surface area contributed by atoms with E-state index in [1.807, 2.05) is 16.8 Å². The zero-order valence-corrected chi connectivity index (χ0v) is 12.2. The second-order valence-electron chi connectivity index (χ2n) is 3.62. The van der Waals surface area contributed by atoms with Gasteiger partial charge in [0.15, 0.2) is 5.65 Å². The first kappa shape index (κ1) is 13.4. The van der Waals surface area contributed by atoms with E-state index in [1.165, 1.54) is 0 Å². The van der Waals surface area contributed by atoms with Crippen LogP contribution >= 0.6 is 27.7 Å². The van der Waals surface area contributed by atoms with E-state index in [2.05, 4.69) is 37.1 Å². The summed E-state index contributed by atoms with van der Waals surface area (Å²) < 4.78 is 2.83. The number of thioether (sulfide) groups is 1. The fraction of sp³-hybridized carbons (Fsp3) is 0.333. The minimum absolute atomic E-state index is 0.774. The van der Waals surface area contributed by atoms with Gasteiger partial charge >= 0.3 is 0 Å². The lowest BCUT2D eigenvalue weighted by atomic mass is 10.4. The first-order valence-corrected chi connectivity index (χ1v) is 7.45. The molecule has 0 atom stereocenters. The molecule has 0 amide bonds. The standard InChI is InChI=1S/C12H13BrN4S/c1-2-4-18-5-3-14-6-10-7-16-12-8-15-11(13)9-17(10)12/h1,7-9,14H,3-6H2. The van der Waals surface area contributed by atoms with Crippen molar-refractivity contribution in [3.05, 3.63) is 28.9 Å². The maximum Gasteiger partial charge on any atom is 0.155 e. The number of hydrogen-bond acceptors (Lipinski definition) is 4. The molecule has 1 N–H and O–H groups in total. The molecule has 2 aromatic heterocycles. The second-order valence-corrected chi connectivity index (χ2v) is 5.54. The highest BCUT2D eigenvalue weighted by molar-refractivity contribution is 9.10. The van der Waals surface area contributed by atoms with Gasteiger partial charge in [-0.15, -0.1) is 18.2 Å². The topological polar surface area (TPSA) is 42.2 Å². The lowest BCUT2D eigenvalue weighted by Gasteiger charge is -2.04. The molecule has 2 rings (SSSR count). The van der Waals surface area contributed by atoms with Gasteiger partial charge in [0.1, 0.15) is 4.60 Å². The highest BCUT2D eigenvalue weighted by Crippen LogP contribution is 2.10. The molecule has 0 spiro atoms. The number of imidazole rings is 1. The van der Waals surface area contributed by atoms with Crippen molar-refractivity contribution in [1.29, 1.82) is 0 Å². The molecule has 0 aliphatic heterocycles. The normalized spacial score (nSPS) is 10.7. The average molecular weight is 325 g/mol. The molecule has 2 heterocycles. The van der Waals surface area contributed by atoms with Crippen LogP contribution in [0, 0.1) is 12.3 Å². The van der Waals surface area contributed by atoms with Crippen LogP contribution in [0.2, 0.25) is 0 Å². The number of halogens is 1. The van der Waals surface area contributed by atoms with Crippen molar-refractivity contribution in [2.75, 3.05) is 18.1 Å². The Bertz CT molecular complexity index is 561. The van der Waals surface area contributed by atoms with Gasteiger partial charge in [-0.2, -0.15) is 0 Å². The Morgan fingerprint density at radius 3 is 3.17 bits per heavy atom. The maximum atomic E-state index is 5.18. The Morgan fingerprint density at radius 2 is 2.33 bits per heavy atom. The molecule has 0 fully saturated rings. The van der Waals surface area contributed by atoms with E-state index in [0.717, 1.165) is 40.5 Å². The molecule has 94 valence electrons. The zero-order chi connectivity index (χ0) is 12.8. The van der Waals surface area contributed by atoms with Crippen LogP contribution in [0.25, 0.3) is 5.65 Å². The van der Waals surface area contributed by atoms with E-state index >= 15 is 0 Å². The van der Waals surface area contributed by atoms with Crippen molar-refractivity contribution in [1.82, 2.24) is 19.7 Å². The van der Waals surface area contributed by atoms with Gasteiger partial charge in [0.25, 0.3) is 0 Å². The highest BCUT2D eigenvalue weighted by Gasteiger charge is 2.03. The Labute approximate surface area is 119 Å². The molecule has 0 radical (unpaired) electrons. The number of hydrogen-bond donors (Lipinski definition) is 1. The predicted molar refractivity (Wildman–Crippen MR) is 78.6 cm³/mol. The molecule has 0 aromatic carbocycles. The van der Waals surface area contributed by atoms with Crippen LogP contribution in [0.3, 0.4) is 0 Å². The lowest BCUT2D eigenvalue weighted by Crippen LogP contribution is -2.17. The number of aromatic nitrogens is 3. The van der Waals surface area contributed by atoms with Gasteiger partial charge < -0.3 is 5.32 Å². The molecule has 0 bridgehead atoms. The first-order chi connectivity index (χ1) is 8.81. The van der Waals surface area contributed by atoms with Crippen LogP contribution in [0.5, 0.6) is 0 Å². The Hall–Kier alpha value is -1.03. The number of fused-ring (bicyclic) bond motifs is 1. The third-order valence-electron chi connectivity index (χ3n) is 2.36. The number of terminal acetylenes is 1. The first-order valence-electron chi connectivity index (χ1n) is 5.50. The highest BCUT2D eigenvalue weighted by atomic mass is 79.9. The van der Waals surface area contributed by atoms with E-state index < -0.39 is 0 Å². The van der Waals surface area contributed by atoms with Crippen molar-refractivity contribution in [3.63, 3.8) is 0 Å². The van der Waals surface area contributed by atoms with Crippen LogP contribution in [0.1, 0.15) is 5.69 Å². The van der Waals surface area contributed by atoms with Gasteiger partial charge in [-0.3, -0.25) is 4.40 Å². The molecule has 18 heavy (non-hydrogen) atoms. The van der Waals surface area contributed by atoms with Gasteiger partial charge in [-0.1, -0.05) is 5.92 Å². The van der Waals surface area contributed by atoms with Gasteiger partial charge in [-0.25, -0.2) is 9.97 Å². The van der Waals surface area contributed by atoms with Crippen LogP contribution in [-0.2, 0) is 6.54 Å². The molecular formula is C12H13BrN4S. The maximum absolute atomic E-state index is 5.18. The van der Waals surface area contributed by atoms with Crippen molar-refractivity contribution < 1.29 is 0 Å². The monoisotopic (exact) mass is 324 g/mol. The molecule has 0 saturated heterocycles. The Morgan fingerprint density at radius 1 is 1.44 bits per heavy atom. The van der Waals surface area contributed by atoms with Gasteiger partial charge in [0.05, 0.1) is 23.8 Å². The number of nitrogens with one attached hydrogen (secondary N) is 1. The van der Waals surface area contributed by atoms with Crippen molar-refractivity contribution >= 4 is 33.3 Å². The van der Waals surface area contributed by atoms with Crippen LogP contribution in [-0.4, -0.2) is 32.4 Å². The Kier molecular flexibility index (Phi) is 5.05. The van der Waals surface area contributed by atoms with Gasteiger partial charge in [0.2, 0.25) is 0 Å². The summed E-state index contributed by atoms with van der Waals surface area (Å²) >= 11 is 5.12. The van der Waals surface area contributed by atoms with E-state index in [0.29, 0.717) is 0 Å². The third kappa shape index (κ3) is 3.48. The summed E-state index contributed by atoms with van der Waals surface area (Å²) in [6.07, 6.45) is 10.7. The number of nitrogens with zero attached hydrogens (tertiary/aromatic N) is 3. The summed E-state index contributed by atoms with van der Waals surface area (Å²) in [5.74, 6) is 4.41. The Balaban J connectivity index is 1.88. The quantitative estimate of drug-likeness (QED) is 0.651. The fourth-order valence-electron chi connectivity index (χ4n) is 1.54. The molecule has 0 aliphatic rings. The van der Waals surface area contributed by atoms with Crippen molar-refractivity contribution in [3.8, 4) is 12.3 Å². The largest absolute Gasteiger partial charge is 0.310 e. The molecule has 0 unspecified atom stereocenters. The summed E-state index contributed by atoms with van der Waals surface area (Å²) in [7, 11) is 0. The molecule has 2 aromatic rings. The third-order valence-corrected chi connectivity index (χ3v) is 3.63. The second kappa shape index (κ2) is 6.78. The van der Waals surface area contributed by atoms with Crippen LogP contribution in [0.15, 0.2) is 23.2 Å². The molecule has 0 saturated carbocycles. The van der Waals surface area contributed by atoms with Gasteiger partial charge in [0, 0.05) is 25.0 Å². The minimum atomic E-state index is 0.774. The average Bonchev–Trinajstić information content (AvgIpc) is 2.76. The van der Waals surface area contributed by atoms with Gasteiger partial charge in [-0.05, 0) is 15.9 Å². The van der Waals surface area contributed by atoms with E-state index in [1.54, 1.807) is 18.0 Å². The molecular weight excluding hydrogens is 312 g/mol. The summed E-state index contributed by atoms with van der Waals surface area (Å²) in [6, 6.07) is 0. The molecule has 6 heteroatoms. The van der Waals surface area contributed by atoms with E-state index in [9.17, 15) is 0 Å². The van der Waals surface area contributed by atoms with Crippen molar-refractivity contribution in [2.45, 2.75) is 6.54 Å². The van der Waals surface area contributed by atoms with Crippen LogP contribution in [0.4, 0.5) is 0 Å².